The highest BCUT2D eigenvalue weighted by atomic mass is 35.5. The van der Waals surface area contributed by atoms with Gasteiger partial charge in [0.25, 0.3) is 0 Å². The van der Waals surface area contributed by atoms with Crippen molar-refractivity contribution in [3.63, 3.8) is 0 Å². The van der Waals surface area contributed by atoms with Crippen LogP contribution in [0.5, 0.6) is 0 Å². The van der Waals surface area contributed by atoms with E-state index < -0.39 is 11.0 Å². The molecular formula is C7H8ClNOS. The molecule has 0 radical (unpaired) electrons. The molecule has 60 valence electrons. The molecule has 2 N–H and O–H groups in total. The van der Waals surface area contributed by atoms with Crippen molar-refractivity contribution in [2.45, 2.75) is 5.75 Å². The molecule has 0 spiro atoms. The minimum Gasteiger partial charge on any atom is -0.252 e. The van der Waals surface area contributed by atoms with Crippen LogP contribution in [0.4, 0.5) is 0 Å². The van der Waals surface area contributed by atoms with Gasteiger partial charge in [0.15, 0.2) is 0 Å². The first kappa shape index (κ1) is 8.71. The number of hydrogen-bond acceptors (Lipinski definition) is 1. The van der Waals surface area contributed by atoms with Crippen LogP contribution >= 0.6 is 11.6 Å². The summed E-state index contributed by atoms with van der Waals surface area (Å²) in [6.45, 7) is 0. The summed E-state index contributed by atoms with van der Waals surface area (Å²) in [5.41, 5.74) is 0.901. The molecule has 0 aliphatic carbocycles. The molecule has 0 aromatic heterocycles. The minimum atomic E-state index is -1.28. The summed E-state index contributed by atoms with van der Waals surface area (Å²) in [7, 11) is -1.28. The molecule has 1 aromatic rings. The summed E-state index contributed by atoms with van der Waals surface area (Å²) in [6, 6.07) is 7.18. The van der Waals surface area contributed by atoms with Gasteiger partial charge in [-0.25, -0.2) is 4.21 Å². The quantitative estimate of drug-likeness (QED) is 0.752. The van der Waals surface area contributed by atoms with Crippen LogP contribution in [0.25, 0.3) is 0 Å². The number of halogens is 1. The molecule has 0 saturated carbocycles. The van der Waals surface area contributed by atoms with E-state index in [4.69, 9.17) is 16.7 Å². The maximum absolute atomic E-state index is 10.6. The van der Waals surface area contributed by atoms with Gasteiger partial charge in [-0.1, -0.05) is 23.7 Å². The third-order valence-electron chi connectivity index (χ3n) is 1.20. The summed E-state index contributed by atoms with van der Waals surface area (Å²) in [5, 5.41) is 5.75. The van der Waals surface area contributed by atoms with E-state index in [0.29, 0.717) is 10.8 Å². The molecule has 2 nitrogen and oxygen atoms in total. The van der Waals surface area contributed by atoms with E-state index in [2.05, 4.69) is 0 Å². The van der Waals surface area contributed by atoms with Crippen LogP contribution in [0.15, 0.2) is 24.3 Å². The standard InChI is InChI=1S/C7H8ClNOS/c8-7-3-1-2-6(4-7)5-11(9)10/h1-4H,5,9H2/t11-/m1/s1. The SMILES string of the molecule is N[S@](=O)Cc1cccc(Cl)c1. The monoisotopic (exact) mass is 189 g/mol. The normalized spacial score (nSPS) is 12.9. The van der Waals surface area contributed by atoms with E-state index >= 15 is 0 Å². The van der Waals surface area contributed by atoms with Crippen molar-refractivity contribution < 1.29 is 4.21 Å². The first-order valence-electron chi connectivity index (χ1n) is 3.05. The molecule has 0 amide bonds. The van der Waals surface area contributed by atoms with Crippen LogP contribution in [0.1, 0.15) is 5.56 Å². The molecule has 0 fully saturated rings. The molecule has 0 aliphatic heterocycles. The predicted molar refractivity (Wildman–Crippen MR) is 47.5 cm³/mol. The van der Waals surface area contributed by atoms with Gasteiger partial charge in [0.05, 0.1) is 16.7 Å². The van der Waals surface area contributed by atoms with Crippen LogP contribution < -0.4 is 5.14 Å². The molecule has 0 heterocycles. The highest BCUT2D eigenvalue weighted by Gasteiger charge is 1.95. The van der Waals surface area contributed by atoms with Crippen molar-refractivity contribution in [3.05, 3.63) is 34.9 Å². The fraction of sp³-hybridized carbons (Fsp3) is 0.143. The average molecular weight is 190 g/mol. The average Bonchev–Trinajstić information content (AvgIpc) is 1.85. The molecule has 11 heavy (non-hydrogen) atoms. The van der Waals surface area contributed by atoms with Gasteiger partial charge in [-0.3, -0.25) is 5.14 Å². The van der Waals surface area contributed by atoms with Gasteiger partial charge < -0.3 is 0 Å². The van der Waals surface area contributed by atoms with Gasteiger partial charge in [-0.05, 0) is 17.7 Å². The second kappa shape index (κ2) is 3.85. The van der Waals surface area contributed by atoms with Crippen molar-refractivity contribution in [2.24, 2.45) is 5.14 Å². The van der Waals surface area contributed by atoms with Crippen molar-refractivity contribution in [1.29, 1.82) is 0 Å². The molecule has 0 saturated heterocycles. The van der Waals surface area contributed by atoms with E-state index in [1.54, 1.807) is 12.1 Å². The van der Waals surface area contributed by atoms with Gasteiger partial charge in [-0.2, -0.15) is 0 Å². The second-order valence-electron chi connectivity index (χ2n) is 2.16. The Labute approximate surface area is 72.9 Å². The summed E-state index contributed by atoms with van der Waals surface area (Å²) in [4.78, 5) is 0. The first-order valence-corrected chi connectivity index (χ1v) is 4.81. The smallest absolute Gasteiger partial charge is 0.0933 e. The number of hydrogen-bond donors (Lipinski definition) is 1. The van der Waals surface area contributed by atoms with Gasteiger partial charge in [0.1, 0.15) is 0 Å². The lowest BCUT2D eigenvalue weighted by atomic mass is 10.2. The van der Waals surface area contributed by atoms with Crippen LogP contribution in [0, 0.1) is 0 Å². The Bertz CT molecular complexity index is 277. The first-order chi connectivity index (χ1) is 5.18. The molecule has 0 aliphatic rings. The summed E-state index contributed by atoms with van der Waals surface area (Å²) >= 11 is 5.69. The number of rotatable bonds is 2. The molecule has 1 atom stereocenters. The van der Waals surface area contributed by atoms with E-state index in [1.807, 2.05) is 12.1 Å². The summed E-state index contributed by atoms with van der Waals surface area (Å²) < 4.78 is 10.6. The Hall–Kier alpha value is -0.380. The Kier molecular flexibility index (Phi) is 3.05. The van der Waals surface area contributed by atoms with Gasteiger partial charge in [0.2, 0.25) is 0 Å². The highest BCUT2D eigenvalue weighted by Crippen LogP contribution is 2.11. The molecule has 1 aromatic carbocycles. The zero-order chi connectivity index (χ0) is 8.27. The van der Waals surface area contributed by atoms with Crippen LogP contribution in [0.3, 0.4) is 0 Å². The van der Waals surface area contributed by atoms with Crippen molar-refractivity contribution in [3.8, 4) is 0 Å². The van der Waals surface area contributed by atoms with Crippen LogP contribution in [-0.2, 0) is 16.7 Å². The molecule has 0 bridgehead atoms. The highest BCUT2D eigenvalue weighted by molar-refractivity contribution is 7.81. The Morgan fingerprint density at radius 2 is 2.27 bits per heavy atom. The molecule has 1 rings (SSSR count). The van der Waals surface area contributed by atoms with Crippen LogP contribution in [-0.4, -0.2) is 4.21 Å². The molecule has 4 heteroatoms. The van der Waals surface area contributed by atoms with Gasteiger partial charge >= 0.3 is 0 Å². The third kappa shape index (κ3) is 3.01. The predicted octanol–water partition coefficient (Wildman–Crippen LogP) is 1.46. The lowest BCUT2D eigenvalue weighted by molar-refractivity contribution is 0.684. The minimum absolute atomic E-state index is 0.362. The number of benzene rings is 1. The topological polar surface area (TPSA) is 43.1 Å². The van der Waals surface area contributed by atoms with Gasteiger partial charge in [0, 0.05) is 5.02 Å². The Balaban J connectivity index is 2.79. The fourth-order valence-corrected chi connectivity index (χ4v) is 1.51. The summed E-state index contributed by atoms with van der Waals surface area (Å²) in [6.07, 6.45) is 0. The molecular weight excluding hydrogens is 182 g/mol. The van der Waals surface area contributed by atoms with Crippen molar-refractivity contribution in [2.75, 3.05) is 0 Å². The zero-order valence-electron chi connectivity index (χ0n) is 5.79. The molecule has 0 unspecified atom stereocenters. The van der Waals surface area contributed by atoms with Crippen LogP contribution in [0.2, 0.25) is 5.02 Å². The largest absolute Gasteiger partial charge is 0.252 e. The Morgan fingerprint density at radius 1 is 1.55 bits per heavy atom. The van der Waals surface area contributed by atoms with E-state index in [-0.39, 0.29) is 0 Å². The maximum atomic E-state index is 10.6. The lowest BCUT2D eigenvalue weighted by Crippen LogP contribution is -2.04. The van der Waals surface area contributed by atoms with E-state index in [0.717, 1.165) is 5.56 Å². The van der Waals surface area contributed by atoms with Gasteiger partial charge in [-0.15, -0.1) is 0 Å². The lowest BCUT2D eigenvalue weighted by Gasteiger charge is -1.96. The fourth-order valence-electron chi connectivity index (χ4n) is 0.791. The van der Waals surface area contributed by atoms with E-state index in [9.17, 15) is 4.21 Å². The third-order valence-corrected chi connectivity index (χ3v) is 2.05. The van der Waals surface area contributed by atoms with E-state index in [1.165, 1.54) is 0 Å². The Morgan fingerprint density at radius 3 is 2.82 bits per heavy atom. The van der Waals surface area contributed by atoms with Crippen molar-refractivity contribution in [1.82, 2.24) is 0 Å². The number of nitrogens with two attached hydrogens (primary N) is 1. The second-order valence-corrected chi connectivity index (χ2v) is 3.64. The van der Waals surface area contributed by atoms with Crippen molar-refractivity contribution >= 4 is 22.6 Å². The maximum Gasteiger partial charge on any atom is 0.0933 e. The summed E-state index contributed by atoms with van der Waals surface area (Å²) in [5.74, 6) is 0.362. The zero-order valence-corrected chi connectivity index (χ0v) is 7.36.